The van der Waals surface area contributed by atoms with Gasteiger partial charge < -0.3 is 6.42 Å². The Bertz CT molecular complexity index is 4350. The van der Waals surface area contributed by atoms with Gasteiger partial charge >= 0.3 is 0 Å². The Balaban J connectivity index is -0.000000101. The minimum absolute atomic E-state index is 0. The molecule has 0 N–H and O–H groups in total. The number of rotatable bonds is 24. The maximum absolute atomic E-state index is 9.50. The van der Waals surface area contributed by atoms with E-state index in [1.807, 2.05) is 60.7 Å². The van der Waals surface area contributed by atoms with Crippen LogP contribution in [-0.4, -0.2) is 552 Å². The van der Waals surface area contributed by atoms with Crippen LogP contribution in [0.5, 0.6) is 0 Å². The first-order valence-electron chi connectivity index (χ1n) is 45.8. The minimum atomic E-state index is 0. The molecular formula is C120H148F12Rb8Y8-8. The van der Waals surface area contributed by atoms with Crippen molar-refractivity contribution in [3.8, 4) is 0 Å². The normalized spacial score (nSPS) is 14.0. The summed E-state index contributed by atoms with van der Waals surface area (Å²) < 4.78 is 114. The second-order valence-electron chi connectivity index (χ2n) is 32.2. The van der Waals surface area contributed by atoms with E-state index in [-0.39, 0.29) is 727 Å². The van der Waals surface area contributed by atoms with Gasteiger partial charge in [0, 0.05) is 727 Å². The molecule has 0 bridgehead atoms. The molecule has 0 heterocycles. The summed E-state index contributed by atoms with van der Waals surface area (Å²) in [5.74, 6) is 6.48. The van der Waals surface area contributed by atoms with Crippen LogP contribution in [-0.2, 0) is 332 Å². The molecule has 16 rings (SSSR count). The Hall–Kier alpha value is 13.1. The molecule has 12 aromatic carbocycles. The van der Waals surface area contributed by atoms with Gasteiger partial charge in [0.1, 0.15) is 0 Å². The van der Waals surface area contributed by atoms with Crippen molar-refractivity contribution in [3.05, 3.63) is 435 Å². The van der Waals surface area contributed by atoms with Crippen LogP contribution in [0.4, 0.5) is 52.7 Å². The molecule has 0 unspecified atom stereocenters. The first-order valence-corrected chi connectivity index (χ1v) is 45.8. The average molecular weight is 3210 g/mol. The summed E-state index contributed by atoms with van der Waals surface area (Å²) in [5.41, 5.74) is 23.8. The molecule has 0 amide bonds. The molecule has 4 aliphatic carbocycles. The summed E-state index contributed by atoms with van der Waals surface area (Å²) in [6, 6.07) is 126. The summed E-state index contributed by atoms with van der Waals surface area (Å²) in [4.78, 5) is 0. The van der Waals surface area contributed by atoms with Crippen molar-refractivity contribution in [3.63, 3.8) is 0 Å². The van der Waals surface area contributed by atoms with Crippen LogP contribution in [0.2, 0.25) is 0 Å². The van der Waals surface area contributed by atoms with Crippen molar-refractivity contribution in [1.82, 2.24) is 0 Å². The molecule has 4 fully saturated rings. The first-order chi connectivity index (χ1) is 65.4. The molecule has 12 aromatic rings. The molecule has 16 radical (unpaired) electrons. The van der Waals surface area contributed by atoms with E-state index >= 15 is 0 Å². The van der Waals surface area contributed by atoms with E-state index in [2.05, 4.69) is 279 Å². The Morgan fingerprint density at radius 3 is 0.399 bits per heavy atom. The van der Waals surface area contributed by atoms with Gasteiger partial charge in [-0.2, -0.15) is 264 Å². The maximum Gasteiger partial charge on any atom is 0.0785 e. The standard InChI is InChI=1S/C27H34.2C27H28.C27H22.12CH3F.8Rb.8Y/c4*1-3-7-22(8-4-1)19-24-11-15-26(16-12-24)21-27-17-13-25(14-18-27)20-23-9-5-2-6-10-23;12*1-2;;;;;;;;;;;;;;;;/h3-10,24-27H,11-21H2;3-12,15-16,25,27H,13-14,17-21H2;1,5-6,9-18,22H,3-4,7-8,19-21H2;3-18H,19-21H2;12*1H3;;;;;;;;;;;;;;;;/q4*-2;;;;;;;;;;;;;;;;;;;;;;;;;;;;. The largest absolute Gasteiger partial charge is 0.328 e. The van der Waals surface area contributed by atoms with Crippen LogP contribution < -0.4 is 0 Å². The topological polar surface area (TPSA) is 0 Å². The molecule has 0 nitrogen and oxygen atoms in total. The van der Waals surface area contributed by atoms with E-state index in [4.69, 9.17) is 0 Å². The van der Waals surface area contributed by atoms with Crippen molar-refractivity contribution >= 4 is 465 Å². The molecule has 0 atom stereocenters. The molecule has 0 spiro atoms. The van der Waals surface area contributed by atoms with E-state index in [1.54, 1.807) is 0 Å². The quantitative estimate of drug-likeness (QED) is 0.0418. The van der Waals surface area contributed by atoms with Gasteiger partial charge in [-0.3, -0.25) is 52.7 Å². The molecule has 4 aliphatic rings. The van der Waals surface area contributed by atoms with Gasteiger partial charge in [-0.05, 0) is 225 Å². The zero-order valence-corrected chi connectivity index (χ0v) is 155. The Morgan fingerprint density at radius 1 is 0.155 bits per heavy atom. The van der Waals surface area contributed by atoms with Gasteiger partial charge in [-0.15, -0.1) is 0 Å². The number of hydrogen-bond acceptors (Lipinski definition) is 0. The molecule has 28 heteroatoms. The summed E-state index contributed by atoms with van der Waals surface area (Å²) in [6.07, 6.45) is 38.8. The van der Waals surface area contributed by atoms with Crippen molar-refractivity contribution in [2.75, 3.05) is 86.1 Å². The maximum atomic E-state index is 9.50. The molecule has 0 aromatic heterocycles. The van der Waals surface area contributed by atoms with Gasteiger partial charge in [0.15, 0.2) is 0 Å². The average Bonchev–Trinajstić information content (AvgIpc) is 0.870. The predicted molar refractivity (Wildman–Crippen MR) is 582 cm³/mol. The fourth-order valence-corrected chi connectivity index (χ4v) is 17.5. The van der Waals surface area contributed by atoms with E-state index in [9.17, 15) is 52.7 Å². The van der Waals surface area contributed by atoms with Crippen LogP contribution in [0.25, 0.3) is 0 Å². The van der Waals surface area contributed by atoms with Gasteiger partial charge in [-0.1, -0.05) is 160 Å². The van der Waals surface area contributed by atoms with Crippen molar-refractivity contribution < 1.29 is 314 Å². The number of benzene rings is 12. The number of alkyl halides is 12. The molecule has 752 valence electrons. The van der Waals surface area contributed by atoms with E-state index < -0.39 is 0 Å². The van der Waals surface area contributed by atoms with Crippen LogP contribution in [0.1, 0.15) is 204 Å². The number of halogens is 12. The Kier molecular flexibility index (Phi) is 188. The van der Waals surface area contributed by atoms with Crippen molar-refractivity contribution in [2.45, 2.75) is 180 Å². The second-order valence-corrected chi connectivity index (χ2v) is 32.2. The molecule has 4 saturated carbocycles. The van der Waals surface area contributed by atoms with Crippen molar-refractivity contribution in [1.29, 1.82) is 0 Å². The third-order valence-corrected chi connectivity index (χ3v) is 23.8. The Labute approximate surface area is 1480 Å². The van der Waals surface area contributed by atoms with Crippen LogP contribution >= 0.6 is 0 Å². The van der Waals surface area contributed by atoms with Gasteiger partial charge in [0.2, 0.25) is 0 Å². The van der Waals surface area contributed by atoms with E-state index in [0.717, 1.165) is 80.0 Å². The van der Waals surface area contributed by atoms with Crippen LogP contribution in [0.3, 0.4) is 0 Å². The SMILES string of the molecule is CF.CF.CF.CF.CF.CF.CF.CF.CF.CF.CF.CF.[Rb].[Rb].[Rb].[Rb].[Rb].[Rb].[Rb].[Rb].[Y].[Y].[Y].[Y].[Y].[Y].[Y].[Y].[c-]1ccc(CC2CCC(CC3CCC(Cc4cc[c-]cc4)CC3)CC2)cc1.[c-]1ccc(Cc2ccc(CC3CCC(Cc4cc[c-]cc4)CC3)cc2)cc1.[c-]1ccc(Cc2ccc(Cc3ccc(CC4CC[CH-]CC4)cc3)cc2)cc1.[c-]1ccc(Cc2ccc(Cc3ccc(Cc4cc[c-]cc4)cc3)cc2)cc1. The summed E-state index contributed by atoms with van der Waals surface area (Å²) >= 11 is 0. The summed E-state index contributed by atoms with van der Waals surface area (Å²) in [7, 11) is 6.00. The fraction of sp³-hybridized carbons (Fsp3) is 0.392. The van der Waals surface area contributed by atoms with Crippen LogP contribution in [0.15, 0.2) is 291 Å². The second kappa shape index (κ2) is 142. The third-order valence-electron chi connectivity index (χ3n) is 23.8. The molecular weight excluding hydrogens is 3060 g/mol. The first kappa shape index (κ1) is 196. The zero-order chi connectivity index (χ0) is 97.3. The monoisotopic (exact) mass is 3210 g/mol. The zero-order valence-electron chi connectivity index (χ0n) is 93.3. The molecule has 0 aliphatic heterocycles. The fourth-order valence-electron chi connectivity index (χ4n) is 17.5. The van der Waals surface area contributed by atoms with Crippen LogP contribution in [0, 0.1) is 90.3 Å². The molecule has 0 saturated heterocycles. The predicted octanol–water partition coefficient (Wildman–Crippen LogP) is 30.2. The smallest absolute Gasteiger partial charge is 0.0785 e. The summed E-state index contributed by atoms with van der Waals surface area (Å²) in [5, 5.41) is 0. The van der Waals surface area contributed by atoms with Gasteiger partial charge in [0.25, 0.3) is 0 Å². The van der Waals surface area contributed by atoms with Gasteiger partial charge in [0.05, 0.1) is 86.1 Å². The number of hydrogen-bond donors (Lipinski definition) is 0. The Morgan fingerprint density at radius 2 is 0.257 bits per heavy atom. The van der Waals surface area contributed by atoms with Crippen molar-refractivity contribution in [2.24, 2.45) is 41.4 Å². The third kappa shape index (κ3) is 94.5. The minimum Gasteiger partial charge on any atom is -0.328 e. The summed E-state index contributed by atoms with van der Waals surface area (Å²) in [6.45, 7) is 0. The molecule has 148 heavy (non-hydrogen) atoms. The van der Waals surface area contributed by atoms with E-state index in [0.29, 0.717) is 86.1 Å². The van der Waals surface area contributed by atoms with E-state index in [1.165, 1.54) is 236 Å². The van der Waals surface area contributed by atoms with Gasteiger partial charge in [-0.25, -0.2) is 0 Å².